The first kappa shape index (κ1) is 15.5. The molecule has 2 aromatic rings. The summed E-state index contributed by atoms with van der Waals surface area (Å²) in [6.07, 6.45) is 2.55. The zero-order chi connectivity index (χ0) is 15.6. The second-order valence-corrected chi connectivity index (χ2v) is 6.80. The number of ether oxygens (including phenoxy) is 1. The van der Waals surface area contributed by atoms with Crippen molar-refractivity contribution in [3.8, 4) is 5.75 Å². The van der Waals surface area contributed by atoms with Crippen molar-refractivity contribution in [2.45, 2.75) is 6.54 Å². The first-order chi connectivity index (χ1) is 9.82. The standard InChI is InChI=1S/C13H17N3O4S/c1-15(21(3,18)19)6-7-16-9-14-12-5-4-10(20-2)8-11(12)13(16)17/h4-5,8-9H,6-7H2,1-3H3. The highest BCUT2D eigenvalue weighted by Crippen LogP contribution is 2.15. The largest absolute Gasteiger partial charge is 0.497 e. The lowest BCUT2D eigenvalue weighted by Gasteiger charge is -2.14. The van der Waals surface area contributed by atoms with Crippen LogP contribution in [-0.2, 0) is 16.6 Å². The van der Waals surface area contributed by atoms with Gasteiger partial charge in [-0.05, 0) is 18.2 Å². The predicted octanol–water partition coefficient (Wildman–Crippen LogP) is 0.296. The number of fused-ring (bicyclic) bond motifs is 1. The smallest absolute Gasteiger partial charge is 0.261 e. The van der Waals surface area contributed by atoms with Crippen LogP contribution in [-0.4, -0.2) is 49.2 Å². The Bertz CT molecular complexity index is 814. The first-order valence-electron chi connectivity index (χ1n) is 6.27. The van der Waals surface area contributed by atoms with Crippen molar-refractivity contribution >= 4 is 20.9 Å². The minimum absolute atomic E-state index is 0.204. The van der Waals surface area contributed by atoms with Gasteiger partial charge in [0.05, 0.1) is 30.6 Å². The highest BCUT2D eigenvalue weighted by Gasteiger charge is 2.11. The van der Waals surface area contributed by atoms with Crippen molar-refractivity contribution in [2.24, 2.45) is 0 Å². The van der Waals surface area contributed by atoms with Crippen molar-refractivity contribution < 1.29 is 13.2 Å². The third kappa shape index (κ3) is 3.40. The van der Waals surface area contributed by atoms with Crippen LogP contribution in [0.25, 0.3) is 10.9 Å². The maximum atomic E-state index is 12.4. The summed E-state index contributed by atoms with van der Waals surface area (Å²) >= 11 is 0. The van der Waals surface area contributed by atoms with E-state index in [1.165, 1.54) is 29.4 Å². The molecule has 1 heterocycles. The minimum atomic E-state index is -3.26. The molecule has 1 aromatic heterocycles. The SMILES string of the molecule is COc1ccc2ncn(CCN(C)S(C)(=O)=O)c(=O)c2c1. The van der Waals surface area contributed by atoms with Crippen LogP contribution >= 0.6 is 0 Å². The van der Waals surface area contributed by atoms with Gasteiger partial charge in [0.15, 0.2) is 0 Å². The van der Waals surface area contributed by atoms with Gasteiger partial charge in [0.2, 0.25) is 10.0 Å². The number of rotatable bonds is 5. The fraction of sp³-hybridized carbons (Fsp3) is 0.385. The molecule has 0 N–H and O–H groups in total. The van der Waals surface area contributed by atoms with Crippen LogP contribution in [0.15, 0.2) is 29.3 Å². The Labute approximate surface area is 122 Å². The topological polar surface area (TPSA) is 81.5 Å². The van der Waals surface area contributed by atoms with Gasteiger partial charge < -0.3 is 4.74 Å². The molecular weight excluding hydrogens is 294 g/mol. The highest BCUT2D eigenvalue weighted by molar-refractivity contribution is 7.88. The van der Waals surface area contributed by atoms with E-state index in [9.17, 15) is 13.2 Å². The molecule has 1 aromatic carbocycles. The Morgan fingerprint density at radius 2 is 2.10 bits per heavy atom. The number of hydrogen-bond acceptors (Lipinski definition) is 5. The molecular formula is C13H17N3O4S. The Morgan fingerprint density at radius 1 is 1.38 bits per heavy atom. The number of aromatic nitrogens is 2. The van der Waals surface area contributed by atoms with Crippen LogP contribution in [0.2, 0.25) is 0 Å². The fourth-order valence-corrected chi connectivity index (χ4v) is 2.25. The van der Waals surface area contributed by atoms with Crippen LogP contribution in [0.3, 0.4) is 0 Å². The number of likely N-dealkylation sites (N-methyl/N-ethyl adjacent to an activating group) is 1. The predicted molar refractivity (Wildman–Crippen MR) is 80.0 cm³/mol. The van der Waals surface area contributed by atoms with Crippen LogP contribution in [0, 0.1) is 0 Å². The Kier molecular flexibility index (Phi) is 4.29. The first-order valence-corrected chi connectivity index (χ1v) is 8.12. The maximum absolute atomic E-state index is 12.4. The van der Waals surface area contributed by atoms with Gasteiger partial charge >= 0.3 is 0 Å². The molecule has 21 heavy (non-hydrogen) atoms. The molecule has 0 saturated carbocycles. The van der Waals surface area contributed by atoms with Gasteiger partial charge in [-0.1, -0.05) is 0 Å². The van der Waals surface area contributed by atoms with Crippen LogP contribution in [0.5, 0.6) is 5.75 Å². The fourth-order valence-electron chi connectivity index (χ4n) is 1.84. The number of methoxy groups -OCH3 is 1. The van der Waals surface area contributed by atoms with E-state index in [-0.39, 0.29) is 18.6 Å². The molecule has 0 spiro atoms. The number of benzene rings is 1. The van der Waals surface area contributed by atoms with Gasteiger partial charge in [0.25, 0.3) is 5.56 Å². The van der Waals surface area contributed by atoms with E-state index in [1.807, 2.05) is 0 Å². The second-order valence-electron chi connectivity index (χ2n) is 4.71. The molecule has 0 saturated heterocycles. The summed E-state index contributed by atoms with van der Waals surface area (Å²) in [6.45, 7) is 0.443. The maximum Gasteiger partial charge on any atom is 0.261 e. The van der Waals surface area contributed by atoms with Gasteiger partial charge in [0.1, 0.15) is 5.75 Å². The van der Waals surface area contributed by atoms with Crippen LogP contribution in [0.1, 0.15) is 0 Å². The molecule has 0 unspecified atom stereocenters. The normalized spacial score (nSPS) is 12.0. The molecule has 0 atom stereocenters. The van der Waals surface area contributed by atoms with Gasteiger partial charge in [-0.15, -0.1) is 0 Å². The third-order valence-electron chi connectivity index (χ3n) is 3.25. The Balaban J connectivity index is 2.33. The molecule has 7 nitrogen and oxygen atoms in total. The van der Waals surface area contributed by atoms with E-state index in [0.29, 0.717) is 16.7 Å². The monoisotopic (exact) mass is 311 g/mol. The Morgan fingerprint density at radius 3 is 2.71 bits per heavy atom. The molecule has 114 valence electrons. The van der Waals surface area contributed by atoms with Crippen LogP contribution in [0.4, 0.5) is 0 Å². The van der Waals surface area contributed by atoms with Crippen LogP contribution < -0.4 is 10.3 Å². The second kappa shape index (κ2) is 5.82. The summed E-state index contributed by atoms with van der Waals surface area (Å²) in [5.41, 5.74) is 0.356. The van der Waals surface area contributed by atoms with Gasteiger partial charge in [-0.2, -0.15) is 0 Å². The lowest BCUT2D eigenvalue weighted by molar-refractivity contribution is 0.415. The van der Waals surface area contributed by atoms with E-state index in [0.717, 1.165) is 6.26 Å². The average Bonchev–Trinajstić information content (AvgIpc) is 2.45. The molecule has 0 amide bonds. The van der Waals surface area contributed by atoms with Gasteiger partial charge in [-0.25, -0.2) is 17.7 Å². The van der Waals surface area contributed by atoms with Crippen molar-refractivity contribution in [2.75, 3.05) is 27.0 Å². The molecule has 8 heteroatoms. The lowest BCUT2D eigenvalue weighted by atomic mass is 10.2. The summed E-state index contributed by atoms with van der Waals surface area (Å²) in [4.78, 5) is 16.6. The summed E-state index contributed by atoms with van der Waals surface area (Å²) in [5.74, 6) is 0.576. The van der Waals surface area contributed by atoms with Crippen molar-refractivity contribution in [3.05, 3.63) is 34.9 Å². The zero-order valence-corrected chi connectivity index (χ0v) is 12.9. The number of nitrogens with zero attached hydrogens (tertiary/aromatic N) is 3. The molecule has 2 rings (SSSR count). The van der Waals surface area contributed by atoms with E-state index in [4.69, 9.17) is 4.74 Å². The van der Waals surface area contributed by atoms with E-state index >= 15 is 0 Å². The van der Waals surface area contributed by atoms with E-state index < -0.39 is 10.0 Å². The number of hydrogen-bond donors (Lipinski definition) is 0. The molecule has 0 aliphatic rings. The van der Waals surface area contributed by atoms with Crippen molar-refractivity contribution in [1.29, 1.82) is 0 Å². The average molecular weight is 311 g/mol. The van der Waals surface area contributed by atoms with E-state index in [2.05, 4.69) is 4.98 Å². The highest BCUT2D eigenvalue weighted by atomic mass is 32.2. The van der Waals surface area contributed by atoms with E-state index in [1.54, 1.807) is 18.2 Å². The molecule has 0 aliphatic heterocycles. The van der Waals surface area contributed by atoms with Crippen molar-refractivity contribution in [3.63, 3.8) is 0 Å². The third-order valence-corrected chi connectivity index (χ3v) is 4.57. The zero-order valence-electron chi connectivity index (χ0n) is 12.1. The molecule has 0 fully saturated rings. The minimum Gasteiger partial charge on any atom is -0.497 e. The lowest BCUT2D eigenvalue weighted by Crippen LogP contribution is -2.32. The summed E-state index contributed by atoms with van der Waals surface area (Å²) in [5, 5.41) is 0.443. The summed E-state index contributed by atoms with van der Waals surface area (Å²) in [6, 6.07) is 5.07. The molecule has 0 bridgehead atoms. The van der Waals surface area contributed by atoms with Crippen molar-refractivity contribution in [1.82, 2.24) is 13.9 Å². The molecule has 0 aliphatic carbocycles. The van der Waals surface area contributed by atoms with Gasteiger partial charge in [-0.3, -0.25) is 9.36 Å². The quantitative estimate of drug-likeness (QED) is 0.793. The summed E-state index contributed by atoms with van der Waals surface area (Å²) in [7, 11) is -0.266. The molecule has 0 radical (unpaired) electrons. The summed E-state index contributed by atoms with van der Waals surface area (Å²) < 4.78 is 30.4. The Hall–Kier alpha value is -1.93. The number of sulfonamides is 1. The van der Waals surface area contributed by atoms with Gasteiger partial charge in [0, 0.05) is 20.1 Å².